The molecule has 0 saturated heterocycles. The summed E-state index contributed by atoms with van der Waals surface area (Å²) >= 11 is 0. The van der Waals surface area contributed by atoms with Crippen molar-refractivity contribution in [1.29, 1.82) is 0 Å². The van der Waals surface area contributed by atoms with Gasteiger partial charge >= 0.3 is 0 Å². The van der Waals surface area contributed by atoms with Gasteiger partial charge in [0.05, 0.1) is 23.5 Å². The van der Waals surface area contributed by atoms with Crippen LogP contribution in [-0.4, -0.2) is 33.9 Å². The molecule has 0 fully saturated rings. The van der Waals surface area contributed by atoms with Crippen molar-refractivity contribution in [1.82, 2.24) is 14.9 Å². The molecule has 0 unspecified atom stereocenters. The van der Waals surface area contributed by atoms with Gasteiger partial charge in [-0.25, -0.2) is 4.98 Å². The number of amides is 1. The highest BCUT2D eigenvalue weighted by Gasteiger charge is 2.23. The monoisotopic (exact) mass is 387 g/mol. The van der Waals surface area contributed by atoms with E-state index in [1.807, 2.05) is 30.0 Å². The summed E-state index contributed by atoms with van der Waals surface area (Å²) in [5, 5.41) is 0.576. The lowest BCUT2D eigenvalue weighted by molar-refractivity contribution is -0.368. The number of unbranched alkanes of at least 4 members (excludes halogenated alkanes) is 5. The molecular weight excluding hydrogens is 352 g/mol. The van der Waals surface area contributed by atoms with Gasteiger partial charge in [-0.05, 0) is 44.7 Å². The van der Waals surface area contributed by atoms with Gasteiger partial charge in [0.1, 0.15) is 5.82 Å². The van der Waals surface area contributed by atoms with Crippen molar-refractivity contribution in [3.63, 3.8) is 0 Å². The van der Waals surface area contributed by atoms with Gasteiger partial charge in [0.2, 0.25) is 5.91 Å². The third-order valence-electron chi connectivity index (χ3n) is 5.21. The maximum Gasteiger partial charge on any atom is 0.258 e. The number of benzene rings is 1. The van der Waals surface area contributed by atoms with Crippen molar-refractivity contribution in [2.45, 2.75) is 71.3 Å². The summed E-state index contributed by atoms with van der Waals surface area (Å²) in [5.41, 5.74) is 4.40. The van der Waals surface area contributed by atoms with Crippen molar-refractivity contribution < 1.29 is 10.5 Å². The van der Waals surface area contributed by atoms with E-state index in [-0.39, 0.29) is 17.5 Å². The molecule has 0 aliphatic rings. The zero-order chi connectivity index (χ0) is 20.4. The highest BCUT2D eigenvalue weighted by atomic mass is 16.2. The van der Waals surface area contributed by atoms with E-state index >= 15 is 0 Å². The average molecular weight is 388 g/mol. The first-order chi connectivity index (χ1) is 13.6. The van der Waals surface area contributed by atoms with Crippen LogP contribution in [0, 0.1) is 0 Å². The van der Waals surface area contributed by atoms with Gasteiger partial charge in [-0.2, -0.15) is 0 Å². The topological polar surface area (TPSA) is 93.7 Å². The van der Waals surface area contributed by atoms with E-state index in [2.05, 4.69) is 22.6 Å². The molecule has 6 nitrogen and oxygen atoms in total. The van der Waals surface area contributed by atoms with Gasteiger partial charge in [-0.3, -0.25) is 9.59 Å². The Bertz CT molecular complexity index is 802. The lowest BCUT2D eigenvalue weighted by atomic mass is 10.1. The number of nitrogens with one attached hydrogen (secondary N) is 1. The first kappa shape index (κ1) is 22.1. The van der Waals surface area contributed by atoms with Crippen molar-refractivity contribution in [2.75, 3.05) is 13.1 Å². The van der Waals surface area contributed by atoms with E-state index in [4.69, 9.17) is 0 Å². The Kier molecular flexibility index (Phi) is 9.14. The van der Waals surface area contributed by atoms with Crippen molar-refractivity contribution in [3.05, 3.63) is 40.4 Å². The van der Waals surface area contributed by atoms with Crippen LogP contribution in [0.5, 0.6) is 0 Å². The molecule has 0 aliphatic carbocycles. The molecule has 4 N–H and O–H groups in total. The predicted octanol–water partition coefficient (Wildman–Crippen LogP) is 3.20. The average Bonchev–Trinajstić information content (AvgIpc) is 2.70. The third-order valence-corrected chi connectivity index (χ3v) is 5.21. The van der Waals surface area contributed by atoms with Crippen LogP contribution >= 0.6 is 0 Å². The molecule has 2 rings (SSSR count). The quantitative estimate of drug-likeness (QED) is 0.548. The summed E-state index contributed by atoms with van der Waals surface area (Å²) < 4.78 is 0. The summed E-state index contributed by atoms with van der Waals surface area (Å²) in [6.45, 7) is 5.75. The van der Waals surface area contributed by atoms with Gasteiger partial charge in [-0.15, -0.1) is 0 Å². The molecule has 1 aromatic carbocycles. The SMILES string of the molecule is CCCCCC(=O)N(CCCCCC[NH3+])[C@H](C)c1nc2ccccc2c(=O)[nH]1. The molecule has 0 aliphatic heterocycles. The van der Waals surface area contributed by atoms with Crippen LogP contribution in [-0.2, 0) is 4.79 Å². The Morgan fingerprint density at radius 3 is 2.64 bits per heavy atom. The molecular formula is C22H35N4O2+. The van der Waals surface area contributed by atoms with Gasteiger partial charge in [0.25, 0.3) is 5.56 Å². The molecule has 1 aromatic heterocycles. The molecule has 154 valence electrons. The molecule has 2 aromatic rings. The second-order valence-electron chi connectivity index (χ2n) is 7.46. The fourth-order valence-electron chi connectivity index (χ4n) is 3.47. The number of carbonyl (C=O) groups excluding carboxylic acids is 1. The van der Waals surface area contributed by atoms with Crippen LogP contribution in [0.15, 0.2) is 29.1 Å². The van der Waals surface area contributed by atoms with Crippen molar-refractivity contribution in [3.8, 4) is 0 Å². The summed E-state index contributed by atoms with van der Waals surface area (Å²) in [6.07, 6.45) is 7.91. The van der Waals surface area contributed by atoms with Gasteiger partial charge in [0, 0.05) is 13.0 Å². The van der Waals surface area contributed by atoms with E-state index in [1.54, 1.807) is 6.07 Å². The number of rotatable bonds is 12. The van der Waals surface area contributed by atoms with E-state index in [0.717, 1.165) is 51.5 Å². The normalized spacial score (nSPS) is 12.2. The molecule has 0 radical (unpaired) electrons. The zero-order valence-corrected chi connectivity index (χ0v) is 17.4. The van der Waals surface area contributed by atoms with Gasteiger partial charge in [-0.1, -0.05) is 38.3 Å². The fraction of sp³-hybridized carbons (Fsp3) is 0.591. The molecule has 28 heavy (non-hydrogen) atoms. The Morgan fingerprint density at radius 1 is 1.14 bits per heavy atom. The lowest BCUT2D eigenvalue weighted by Crippen LogP contribution is -2.50. The number of para-hydroxylation sites is 1. The third kappa shape index (κ3) is 6.16. The fourth-order valence-corrected chi connectivity index (χ4v) is 3.47. The van der Waals surface area contributed by atoms with E-state index in [0.29, 0.717) is 29.7 Å². The Labute approximate surface area is 167 Å². The molecule has 0 spiro atoms. The second-order valence-corrected chi connectivity index (χ2v) is 7.46. The maximum absolute atomic E-state index is 12.9. The smallest absolute Gasteiger partial charge is 0.258 e. The molecule has 1 heterocycles. The highest BCUT2D eigenvalue weighted by molar-refractivity contribution is 5.78. The minimum Gasteiger partial charge on any atom is -0.358 e. The maximum atomic E-state index is 12.9. The standard InChI is InChI=1S/C22H34N4O2/c1-3-4-7-14-20(27)26(16-11-6-5-10-15-23)17(2)21-24-19-13-9-8-12-18(19)22(28)25-21/h8-9,12-13,17H,3-7,10-11,14-16,23H2,1-2H3,(H,24,25,28)/p+1/t17-/m1/s1. The van der Waals surface area contributed by atoms with E-state index in [1.165, 1.54) is 0 Å². The largest absolute Gasteiger partial charge is 0.358 e. The number of nitrogens with zero attached hydrogens (tertiary/aromatic N) is 2. The Hall–Kier alpha value is -2.21. The van der Waals surface area contributed by atoms with Crippen molar-refractivity contribution >= 4 is 16.8 Å². The van der Waals surface area contributed by atoms with Crippen LogP contribution in [0.2, 0.25) is 0 Å². The van der Waals surface area contributed by atoms with Gasteiger partial charge < -0.3 is 15.6 Å². The number of hydrogen-bond acceptors (Lipinski definition) is 3. The molecule has 1 atom stereocenters. The number of quaternary nitrogens is 1. The minimum atomic E-state index is -0.251. The van der Waals surface area contributed by atoms with Crippen LogP contribution < -0.4 is 11.3 Å². The molecule has 0 saturated carbocycles. The number of aromatic amines is 1. The highest BCUT2D eigenvalue weighted by Crippen LogP contribution is 2.20. The molecule has 1 amide bonds. The lowest BCUT2D eigenvalue weighted by Gasteiger charge is -2.29. The zero-order valence-electron chi connectivity index (χ0n) is 17.4. The molecule has 6 heteroatoms. The molecule has 0 bridgehead atoms. The van der Waals surface area contributed by atoms with Crippen LogP contribution in [0.4, 0.5) is 0 Å². The number of aromatic nitrogens is 2. The Morgan fingerprint density at radius 2 is 1.89 bits per heavy atom. The number of fused-ring (bicyclic) bond motifs is 1. The summed E-state index contributed by atoms with van der Waals surface area (Å²) in [7, 11) is 0. The number of carbonyl (C=O) groups is 1. The van der Waals surface area contributed by atoms with Crippen molar-refractivity contribution in [2.24, 2.45) is 0 Å². The van der Waals surface area contributed by atoms with Crippen LogP contribution in [0.3, 0.4) is 0 Å². The summed E-state index contributed by atoms with van der Waals surface area (Å²) in [6, 6.07) is 7.06. The number of hydrogen-bond donors (Lipinski definition) is 2. The predicted molar refractivity (Wildman–Crippen MR) is 113 cm³/mol. The number of H-pyrrole nitrogens is 1. The van der Waals surface area contributed by atoms with E-state index in [9.17, 15) is 9.59 Å². The first-order valence-electron chi connectivity index (χ1n) is 10.7. The van der Waals surface area contributed by atoms with Crippen LogP contribution in [0.25, 0.3) is 10.9 Å². The Balaban J connectivity index is 2.17. The van der Waals surface area contributed by atoms with Crippen LogP contribution in [0.1, 0.15) is 77.1 Å². The van der Waals surface area contributed by atoms with Gasteiger partial charge in [0.15, 0.2) is 0 Å². The summed E-state index contributed by atoms with van der Waals surface area (Å²) in [5.74, 6) is 0.708. The second kappa shape index (κ2) is 11.6. The van der Waals surface area contributed by atoms with E-state index < -0.39 is 0 Å². The first-order valence-corrected chi connectivity index (χ1v) is 10.7. The minimum absolute atomic E-state index is 0.147. The summed E-state index contributed by atoms with van der Waals surface area (Å²) in [4.78, 5) is 34.8.